The Labute approximate surface area is 256 Å². The van der Waals surface area contributed by atoms with Gasteiger partial charge in [-0.25, -0.2) is 8.42 Å². The summed E-state index contributed by atoms with van der Waals surface area (Å²) in [6.07, 6.45) is 0.102. The zero-order chi connectivity index (χ0) is 30.2. The van der Waals surface area contributed by atoms with Gasteiger partial charge in [0.25, 0.3) is 5.91 Å². The molecule has 0 bridgehead atoms. The summed E-state index contributed by atoms with van der Waals surface area (Å²) in [6.45, 7) is 0.00993. The largest absolute Gasteiger partial charge is 0.477 e. The molecule has 1 aliphatic rings. The molecular formula is C33H32ClN3O5S. The molecule has 8 nitrogen and oxygen atoms in total. The molecule has 1 unspecified atom stereocenters. The second-order valence-corrected chi connectivity index (χ2v) is 12.5. The van der Waals surface area contributed by atoms with Gasteiger partial charge in [-0.05, 0) is 60.4 Å². The Morgan fingerprint density at radius 1 is 0.837 bits per heavy atom. The number of carbonyl (C=O) groups excluding carboxylic acids is 2. The molecule has 0 saturated carbocycles. The summed E-state index contributed by atoms with van der Waals surface area (Å²) in [5.74, 6) is -0.442. The molecule has 4 aromatic rings. The number of carbonyl (C=O) groups is 2. The minimum Gasteiger partial charge on any atom is -0.477 e. The minimum atomic E-state index is -4.05. The average molecular weight is 618 g/mol. The fourth-order valence-corrected chi connectivity index (χ4v) is 6.39. The fraction of sp³-hybridized carbons (Fsp3) is 0.212. The number of hydrogen-bond donors (Lipinski definition) is 1. The molecule has 0 spiro atoms. The van der Waals surface area contributed by atoms with E-state index in [2.05, 4.69) is 5.32 Å². The molecule has 0 aromatic heterocycles. The van der Waals surface area contributed by atoms with Gasteiger partial charge in [0.05, 0.1) is 23.7 Å². The van der Waals surface area contributed by atoms with E-state index in [0.29, 0.717) is 35.8 Å². The molecule has 2 amide bonds. The molecule has 0 saturated heterocycles. The van der Waals surface area contributed by atoms with Gasteiger partial charge in [0.1, 0.15) is 5.75 Å². The van der Waals surface area contributed by atoms with Crippen LogP contribution < -0.4 is 15.0 Å². The smallest absolute Gasteiger partial charge is 0.262 e. The van der Waals surface area contributed by atoms with Crippen LogP contribution in [0.4, 0.5) is 5.69 Å². The predicted octanol–water partition coefficient (Wildman–Crippen LogP) is 4.73. The Bertz CT molecular complexity index is 1650. The Balaban J connectivity index is 1.35. The Morgan fingerprint density at radius 3 is 2.12 bits per heavy atom. The first-order valence-corrected chi connectivity index (χ1v) is 15.8. The number of amides is 2. The maximum absolute atomic E-state index is 13.9. The van der Waals surface area contributed by atoms with Gasteiger partial charge in [0, 0.05) is 18.1 Å². The van der Waals surface area contributed by atoms with E-state index in [1.54, 1.807) is 24.3 Å². The number of benzene rings is 4. The van der Waals surface area contributed by atoms with Gasteiger partial charge in [0.2, 0.25) is 15.9 Å². The van der Waals surface area contributed by atoms with Gasteiger partial charge in [-0.1, -0.05) is 84.4 Å². The molecule has 43 heavy (non-hydrogen) atoms. The van der Waals surface area contributed by atoms with Crippen LogP contribution in [0, 0.1) is 0 Å². The van der Waals surface area contributed by atoms with Crippen molar-refractivity contribution in [3.05, 3.63) is 125 Å². The first-order valence-electron chi connectivity index (χ1n) is 14.0. The molecule has 5 rings (SSSR count). The zero-order valence-electron chi connectivity index (χ0n) is 23.4. The number of hydrogen-bond acceptors (Lipinski definition) is 5. The molecular weight excluding hydrogens is 586 g/mol. The lowest BCUT2D eigenvalue weighted by atomic mass is 10.1. The van der Waals surface area contributed by atoms with Gasteiger partial charge in [-0.3, -0.25) is 9.59 Å². The molecule has 10 heteroatoms. The maximum atomic E-state index is 13.9. The Kier molecular flexibility index (Phi) is 9.76. The zero-order valence-corrected chi connectivity index (χ0v) is 25.0. The number of nitrogens with zero attached hydrogens (tertiary/aromatic N) is 2. The number of halogens is 1. The maximum Gasteiger partial charge on any atom is 0.262 e. The molecule has 1 atom stereocenters. The average Bonchev–Trinajstić information content (AvgIpc) is 3.03. The number of nitrogens with one attached hydrogen (secondary N) is 1. The van der Waals surface area contributed by atoms with Gasteiger partial charge >= 0.3 is 0 Å². The van der Waals surface area contributed by atoms with Crippen LogP contribution in [-0.2, 0) is 32.5 Å². The molecule has 1 heterocycles. The summed E-state index contributed by atoms with van der Waals surface area (Å²) in [7, 11) is -4.05. The van der Waals surface area contributed by atoms with Crippen molar-refractivity contribution in [2.45, 2.75) is 23.8 Å². The lowest BCUT2D eigenvalue weighted by Gasteiger charge is -2.35. The van der Waals surface area contributed by atoms with Gasteiger partial charge in [-0.2, -0.15) is 4.31 Å². The van der Waals surface area contributed by atoms with Gasteiger partial charge in [0.15, 0.2) is 6.10 Å². The highest BCUT2D eigenvalue weighted by Crippen LogP contribution is 2.33. The third-order valence-electron chi connectivity index (χ3n) is 7.18. The van der Waals surface area contributed by atoms with Crippen LogP contribution in [0.5, 0.6) is 5.75 Å². The van der Waals surface area contributed by atoms with Gasteiger partial charge < -0.3 is 15.0 Å². The molecule has 222 valence electrons. The van der Waals surface area contributed by atoms with E-state index in [9.17, 15) is 18.0 Å². The first kappa shape index (κ1) is 30.3. The van der Waals surface area contributed by atoms with E-state index < -0.39 is 28.6 Å². The summed E-state index contributed by atoms with van der Waals surface area (Å²) >= 11 is 6.00. The second-order valence-electron chi connectivity index (χ2n) is 10.1. The first-order chi connectivity index (χ1) is 20.8. The number of fused-ring (bicyclic) bond motifs is 1. The van der Waals surface area contributed by atoms with Crippen molar-refractivity contribution in [1.82, 2.24) is 9.62 Å². The third-order valence-corrected chi connectivity index (χ3v) is 9.29. The van der Waals surface area contributed by atoms with Crippen molar-refractivity contribution in [2.75, 3.05) is 31.1 Å². The summed E-state index contributed by atoms with van der Waals surface area (Å²) in [6, 6.07) is 32.1. The van der Waals surface area contributed by atoms with Crippen LogP contribution in [-0.4, -0.2) is 56.8 Å². The third kappa shape index (κ3) is 7.62. The van der Waals surface area contributed by atoms with Crippen molar-refractivity contribution in [3.63, 3.8) is 0 Å². The summed E-state index contributed by atoms with van der Waals surface area (Å²) in [5, 5.41) is 3.31. The molecule has 1 aliphatic heterocycles. The molecule has 4 aromatic carbocycles. The topological polar surface area (TPSA) is 96.0 Å². The van der Waals surface area contributed by atoms with Crippen molar-refractivity contribution in [3.8, 4) is 5.75 Å². The van der Waals surface area contributed by atoms with Crippen LogP contribution in [0.25, 0.3) is 0 Å². The highest BCUT2D eigenvalue weighted by atomic mass is 35.5. The van der Waals surface area contributed by atoms with E-state index in [-0.39, 0.29) is 23.9 Å². The number of para-hydroxylation sites is 2. The van der Waals surface area contributed by atoms with Crippen LogP contribution in [0.15, 0.2) is 114 Å². The van der Waals surface area contributed by atoms with E-state index in [1.807, 2.05) is 60.7 Å². The van der Waals surface area contributed by atoms with E-state index >= 15 is 0 Å². The molecule has 0 aliphatic carbocycles. The number of sulfonamides is 1. The predicted molar refractivity (Wildman–Crippen MR) is 167 cm³/mol. The summed E-state index contributed by atoms with van der Waals surface area (Å²) in [4.78, 5) is 28.5. The monoisotopic (exact) mass is 617 g/mol. The molecule has 0 fully saturated rings. The number of rotatable bonds is 11. The highest BCUT2D eigenvalue weighted by molar-refractivity contribution is 7.89. The summed E-state index contributed by atoms with van der Waals surface area (Å²) < 4.78 is 34.7. The number of ether oxygens (including phenoxy) is 1. The fourth-order valence-electron chi connectivity index (χ4n) is 4.87. The normalized spacial score (nSPS) is 14.6. The van der Waals surface area contributed by atoms with E-state index in [1.165, 1.54) is 33.5 Å². The molecule has 1 N–H and O–H groups in total. The van der Waals surface area contributed by atoms with Crippen molar-refractivity contribution >= 4 is 39.1 Å². The molecule has 0 radical (unpaired) electrons. The quantitative estimate of drug-likeness (QED) is 0.263. The summed E-state index contributed by atoms with van der Waals surface area (Å²) in [5.41, 5.74) is 2.51. The van der Waals surface area contributed by atoms with Crippen molar-refractivity contribution in [1.29, 1.82) is 0 Å². The van der Waals surface area contributed by atoms with Crippen LogP contribution >= 0.6 is 11.6 Å². The van der Waals surface area contributed by atoms with E-state index in [0.717, 1.165) is 11.1 Å². The van der Waals surface area contributed by atoms with Crippen molar-refractivity contribution in [2.24, 2.45) is 0 Å². The van der Waals surface area contributed by atoms with E-state index in [4.69, 9.17) is 16.3 Å². The van der Waals surface area contributed by atoms with Crippen LogP contribution in [0.2, 0.25) is 5.02 Å². The standard InChI is InChI=1S/C33H32ClN3O5S/c34-27-15-17-28(18-16-27)43(40,41)36(22-20-26-11-5-2-6-12-26)24-32(38)37-23-31(42-30-14-8-7-13-29(30)37)33(39)35-21-19-25-9-3-1-4-10-25/h1-18,31H,19-24H2,(H,35,39). The Hall–Kier alpha value is -4.18. The van der Waals surface area contributed by atoms with Crippen molar-refractivity contribution < 1.29 is 22.7 Å². The highest BCUT2D eigenvalue weighted by Gasteiger charge is 2.36. The SMILES string of the molecule is O=C(NCCc1ccccc1)C1CN(C(=O)CN(CCc2ccccc2)S(=O)(=O)c2ccc(Cl)cc2)c2ccccc2O1. The Morgan fingerprint density at radius 2 is 1.44 bits per heavy atom. The minimum absolute atomic E-state index is 0.0378. The van der Waals surface area contributed by atoms with Gasteiger partial charge in [-0.15, -0.1) is 0 Å². The number of anilines is 1. The lowest BCUT2D eigenvalue weighted by molar-refractivity contribution is -0.128. The lowest BCUT2D eigenvalue weighted by Crippen LogP contribution is -2.53. The van der Waals surface area contributed by atoms with Crippen LogP contribution in [0.3, 0.4) is 0 Å². The van der Waals surface area contributed by atoms with Crippen LogP contribution in [0.1, 0.15) is 11.1 Å². The second kappa shape index (κ2) is 13.9.